The van der Waals surface area contributed by atoms with Gasteiger partial charge in [-0.1, -0.05) is 82.2 Å². The van der Waals surface area contributed by atoms with Gasteiger partial charge in [-0.15, -0.1) is 0 Å². The summed E-state index contributed by atoms with van der Waals surface area (Å²) in [6.45, 7) is -1.18. The van der Waals surface area contributed by atoms with E-state index >= 15 is 0 Å². The normalized spacial score (nSPS) is 21.3. The van der Waals surface area contributed by atoms with Gasteiger partial charge < -0.3 is 23.8 Å². The molecular formula is C21H40KO5PS. The van der Waals surface area contributed by atoms with Gasteiger partial charge in [0.05, 0.1) is 13.2 Å². The number of allylic oxidation sites excluding steroid dienone is 2. The minimum Gasteiger partial charge on any atom is -0.780 e. The standard InChI is InChI=1S/C21H41O5PS.K/c1-2-3-4-5-6-7-8-9-10-11-12-13-14-15-16-17-21-24-18-20(26-21)19-25-27(22,23)28;/h8-9,20-21H,2-7,10-19H2,1H3,(H2,22,23,28);/q;+1/p-1/b9-8+;/t20-,21-;/m1./s1. The van der Waals surface area contributed by atoms with E-state index in [1.807, 2.05) is 0 Å². The van der Waals surface area contributed by atoms with Crippen LogP contribution >= 0.6 is 6.72 Å². The third-order valence-corrected chi connectivity index (χ3v) is 5.73. The third-order valence-electron chi connectivity index (χ3n) is 4.94. The Labute approximate surface area is 226 Å². The summed E-state index contributed by atoms with van der Waals surface area (Å²) in [5.74, 6) is 0. The molecule has 0 aromatic carbocycles. The summed E-state index contributed by atoms with van der Waals surface area (Å²) >= 11 is 4.31. The Balaban J connectivity index is 0.00000784. The molecule has 1 rings (SSSR count). The van der Waals surface area contributed by atoms with E-state index in [2.05, 4.69) is 30.9 Å². The Morgan fingerprint density at radius 2 is 1.55 bits per heavy atom. The van der Waals surface area contributed by atoms with Gasteiger partial charge >= 0.3 is 51.4 Å². The van der Waals surface area contributed by atoms with Gasteiger partial charge in [0.15, 0.2) is 6.29 Å². The van der Waals surface area contributed by atoms with Crippen molar-refractivity contribution < 1.29 is 75.2 Å². The summed E-state index contributed by atoms with van der Waals surface area (Å²) in [5.41, 5.74) is 0. The summed E-state index contributed by atoms with van der Waals surface area (Å²) in [6.07, 6.45) is 21.7. The molecule has 3 atom stereocenters. The Bertz CT molecular complexity index is 447. The molecule has 0 aromatic rings. The molecule has 1 fully saturated rings. The average Bonchev–Trinajstić information content (AvgIpc) is 3.10. The summed E-state index contributed by atoms with van der Waals surface area (Å²) < 4.78 is 15.9. The molecule has 0 saturated carbocycles. The van der Waals surface area contributed by atoms with E-state index in [9.17, 15) is 4.89 Å². The van der Waals surface area contributed by atoms with Crippen molar-refractivity contribution in [3.63, 3.8) is 0 Å². The number of hydrogen-bond donors (Lipinski definition) is 1. The van der Waals surface area contributed by atoms with Crippen molar-refractivity contribution in [3.8, 4) is 0 Å². The molecule has 0 radical (unpaired) electrons. The first-order chi connectivity index (χ1) is 13.5. The Morgan fingerprint density at radius 3 is 2.14 bits per heavy atom. The zero-order chi connectivity index (χ0) is 20.5. The average molecular weight is 475 g/mol. The fourth-order valence-corrected chi connectivity index (χ4v) is 3.84. The van der Waals surface area contributed by atoms with E-state index in [0.29, 0.717) is 6.61 Å². The number of ether oxygens (including phenoxy) is 2. The van der Waals surface area contributed by atoms with Crippen LogP contribution in [-0.4, -0.2) is 30.5 Å². The van der Waals surface area contributed by atoms with E-state index < -0.39 is 6.72 Å². The van der Waals surface area contributed by atoms with E-state index in [0.717, 1.165) is 12.8 Å². The van der Waals surface area contributed by atoms with Crippen LogP contribution in [0.4, 0.5) is 0 Å². The van der Waals surface area contributed by atoms with Crippen molar-refractivity contribution in [1.82, 2.24) is 0 Å². The maximum atomic E-state index is 10.9. The predicted molar refractivity (Wildman–Crippen MR) is 117 cm³/mol. The molecule has 8 heteroatoms. The van der Waals surface area contributed by atoms with E-state index in [1.54, 1.807) is 0 Å². The molecule has 29 heavy (non-hydrogen) atoms. The summed E-state index contributed by atoms with van der Waals surface area (Å²) in [5, 5.41) is 0. The molecule has 0 bridgehead atoms. The first-order valence-electron chi connectivity index (χ1n) is 11.1. The van der Waals surface area contributed by atoms with E-state index in [-0.39, 0.29) is 70.4 Å². The fourth-order valence-electron chi connectivity index (χ4n) is 3.31. The first-order valence-corrected chi connectivity index (χ1v) is 13.7. The van der Waals surface area contributed by atoms with Crippen LogP contribution in [0.15, 0.2) is 12.2 Å². The fraction of sp³-hybridized carbons (Fsp3) is 0.905. The third kappa shape index (κ3) is 20.2. The molecule has 1 heterocycles. The molecular weight excluding hydrogens is 434 g/mol. The van der Waals surface area contributed by atoms with Crippen molar-refractivity contribution >= 4 is 18.5 Å². The van der Waals surface area contributed by atoms with Crippen LogP contribution in [0, 0.1) is 0 Å². The van der Waals surface area contributed by atoms with Gasteiger partial charge in [-0.2, -0.15) is 0 Å². The molecule has 166 valence electrons. The second-order valence-corrected chi connectivity index (χ2v) is 10.2. The van der Waals surface area contributed by atoms with Gasteiger partial charge in [0.1, 0.15) is 12.8 Å². The molecule has 0 amide bonds. The van der Waals surface area contributed by atoms with Crippen LogP contribution in [0.2, 0.25) is 0 Å². The Hall–Kier alpha value is 1.83. The topological polar surface area (TPSA) is 71.0 Å². The second-order valence-electron chi connectivity index (χ2n) is 7.66. The van der Waals surface area contributed by atoms with Crippen LogP contribution in [0.25, 0.3) is 0 Å². The van der Waals surface area contributed by atoms with Crippen molar-refractivity contribution in [2.24, 2.45) is 0 Å². The zero-order valence-electron chi connectivity index (χ0n) is 18.6. The molecule has 1 saturated heterocycles. The van der Waals surface area contributed by atoms with Gasteiger partial charge in [-0.25, -0.2) is 0 Å². The number of unbranched alkanes of at least 4 members (excludes halogenated alkanes) is 11. The van der Waals surface area contributed by atoms with E-state index in [4.69, 9.17) is 18.9 Å². The van der Waals surface area contributed by atoms with Gasteiger partial charge in [-0.3, -0.25) is 0 Å². The van der Waals surface area contributed by atoms with Crippen LogP contribution in [0.1, 0.15) is 96.8 Å². The summed E-state index contributed by atoms with van der Waals surface area (Å²) in [4.78, 5) is 19.9. The van der Waals surface area contributed by atoms with Crippen molar-refractivity contribution in [3.05, 3.63) is 12.2 Å². The molecule has 0 aromatic heterocycles. The van der Waals surface area contributed by atoms with Crippen molar-refractivity contribution in [1.29, 1.82) is 0 Å². The van der Waals surface area contributed by atoms with Gasteiger partial charge in [0.2, 0.25) is 0 Å². The number of hydrogen-bond acceptors (Lipinski definition) is 5. The van der Waals surface area contributed by atoms with Crippen molar-refractivity contribution in [2.45, 2.75) is 109 Å². The van der Waals surface area contributed by atoms with Gasteiger partial charge in [-0.05, 0) is 38.5 Å². The second kappa shape index (κ2) is 20.4. The zero-order valence-corrected chi connectivity index (χ0v) is 23.4. The quantitative estimate of drug-likeness (QED) is 0.142. The minimum absolute atomic E-state index is 0. The molecule has 1 unspecified atom stereocenters. The largest absolute Gasteiger partial charge is 1.00 e. The minimum atomic E-state index is -3.85. The Kier molecular flexibility index (Phi) is 21.7. The molecule has 0 spiro atoms. The smallest absolute Gasteiger partial charge is 0.780 e. The first kappa shape index (κ1) is 30.8. The maximum Gasteiger partial charge on any atom is 1.00 e. The number of rotatable bonds is 18. The van der Waals surface area contributed by atoms with Crippen LogP contribution in [-0.2, 0) is 25.8 Å². The van der Waals surface area contributed by atoms with Crippen LogP contribution < -0.4 is 56.3 Å². The molecule has 1 aliphatic heterocycles. The van der Waals surface area contributed by atoms with Crippen LogP contribution in [0.5, 0.6) is 0 Å². The maximum absolute atomic E-state index is 10.9. The van der Waals surface area contributed by atoms with Gasteiger partial charge in [0, 0.05) is 0 Å². The molecule has 5 nitrogen and oxygen atoms in total. The SMILES string of the molecule is CCCCCCC/C=C/CCCCCCCC[C@@H]1OC[C@H](COP([O-])(O)=S)O1.[K+]. The van der Waals surface area contributed by atoms with Crippen molar-refractivity contribution in [2.75, 3.05) is 13.2 Å². The van der Waals surface area contributed by atoms with E-state index in [1.165, 1.54) is 77.0 Å². The molecule has 1 N–H and O–H groups in total. The van der Waals surface area contributed by atoms with Crippen LogP contribution in [0.3, 0.4) is 0 Å². The molecule has 0 aliphatic carbocycles. The summed E-state index contributed by atoms with van der Waals surface area (Å²) in [7, 11) is 0. The predicted octanol–water partition coefficient (Wildman–Crippen LogP) is 2.36. The monoisotopic (exact) mass is 474 g/mol. The van der Waals surface area contributed by atoms with Gasteiger partial charge in [0.25, 0.3) is 0 Å². The molecule has 1 aliphatic rings. The summed E-state index contributed by atoms with van der Waals surface area (Å²) in [6, 6.07) is 0. The Morgan fingerprint density at radius 1 is 1.00 bits per heavy atom.